The number of nitrogens with one attached hydrogen (secondary N) is 2. The lowest BCUT2D eigenvalue weighted by Crippen LogP contribution is -2.20. The van der Waals surface area contributed by atoms with Crippen LogP contribution in [-0.4, -0.2) is 24.6 Å². The Morgan fingerprint density at radius 2 is 1.63 bits per heavy atom. The Morgan fingerprint density at radius 1 is 0.933 bits per heavy atom. The maximum absolute atomic E-state index is 12.3. The van der Waals surface area contributed by atoms with E-state index in [1.165, 1.54) is 0 Å². The second-order valence-electron chi connectivity index (χ2n) is 6.68. The summed E-state index contributed by atoms with van der Waals surface area (Å²) in [5.41, 5.74) is 2.97. The van der Waals surface area contributed by atoms with E-state index in [9.17, 15) is 9.59 Å². The minimum atomic E-state index is -0.266. The van der Waals surface area contributed by atoms with Crippen LogP contribution in [0.1, 0.15) is 0 Å². The van der Waals surface area contributed by atoms with Gasteiger partial charge in [-0.25, -0.2) is 0 Å². The first-order valence-electron chi connectivity index (χ1n) is 9.41. The molecule has 1 aromatic heterocycles. The summed E-state index contributed by atoms with van der Waals surface area (Å²) in [7, 11) is 1.59. The first kappa shape index (κ1) is 19.3. The highest BCUT2D eigenvalue weighted by molar-refractivity contribution is 5.92. The first-order chi connectivity index (χ1) is 14.6. The number of methoxy groups -OCH3 is 1. The van der Waals surface area contributed by atoms with Gasteiger partial charge in [0.2, 0.25) is 0 Å². The Kier molecular flexibility index (Phi) is 5.48. The minimum absolute atomic E-state index is 0.0348. The molecule has 4 aromatic rings. The lowest BCUT2D eigenvalue weighted by molar-refractivity contribution is -0.118. The van der Waals surface area contributed by atoms with E-state index in [0.29, 0.717) is 16.8 Å². The first-order valence-corrected chi connectivity index (χ1v) is 9.41. The quantitative estimate of drug-likeness (QED) is 0.508. The van der Waals surface area contributed by atoms with E-state index in [4.69, 9.17) is 9.47 Å². The number of rotatable bonds is 6. The van der Waals surface area contributed by atoms with E-state index < -0.39 is 0 Å². The van der Waals surface area contributed by atoms with Crippen molar-refractivity contribution in [1.82, 2.24) is 4.98 Å². The van der Waals surface area contributed by atoms with Crippen LogP contribution in [0.15, 0.2) is 83.7 Å². The van der Waals surface area contributed by atoms with Crippen molar-refractivity contribution >= 4 is 22.5 Å². The molecule has 0 radical (unpaired) electrons. The van der Waals surface area contributed by atoms with Gasteiger partial charge in [-0.05, 0) is 54.1 Å². The standard InChI is InChI=1S/C24H20N2O4/c1-29-18-10-12-19(13-11-18)30-15-24(28)25-17-8-6-16(7-9-17)22-14-23(27)20-4-2-3-5-21(20)26-22/h2-14H,15H2,1H3,(H,25,28)(H,26,27). The SMILES string of the molecule is COc1ccc(OCC(=O)Nc2ccc(-c3cc(=O)c4ccccc4[nH]3)cc2)cc1. The van der Waals surface area contributed by atoms with Crippen LogP contribution in [0.4, 0.5) is 5.69 Å². The highest BCUT2D eigenvalue weighted by Crippen LogP contribution is 2.21. The molecule has 1 heterocycles. The zero-order valence-electron chi connectivity index (χ0n) is 16.3. The number of aromatic amines is 1. The summed E-state index contributed by atoms with van der Waals surface area (Å²) in [6, 6.07) is 23.3. The van der Waals surface area contributed by atoms with Crippen LogP contribution in [0.25, 0.3) is 22.2 Å². The molecule has 30 heavy (non-hydrogen) atoms. The van der Waals surface area contributed by atoms with Gasteiger partial charge in [-0.15, -0.1) is 0 Å². The summed E-state index contributed by atoms with van der Waals surface area (Å²) >= 11 is 0. The normalized spacial score (nSPS) is 10.6. The number of fused-ring (bicyclic) bond motifs is 1. The number of carbonyl (C=O) groups is 1. The molecular weight excluding hydrogens is 380 g/mol. The number of amides is 1. The maximum Gasteiger partial charge on any atom is 0.262 e. The molecule has 3 aromatic carbocycles. The fourth-order valence-electron chi connectivity index (χ4n) is 3.10. The molecule has 6 heteroatoms. The van der Waals surface area contributed by atoms with Gasteiger partial charge >= 0.3 is 0 Å². The Bertz CT molecular complexity index is 1230. The minimum Gasteiger partial charge on any atom is -0.497 e. The molecule has 0 unspecified atom stereocenters. The maximum atomic E-state index is 12.3. The van der Waals surface area contributed by atoms with E-state index in [-0.39, 0.29) is 17.9 Å². The molecule has 4 rings (SSSR count). The number of aromatic nitrogens is 1. The number of benzene rings is 3. The van der Waals surface area contributed by atoms with Gasteiger partial charge in [-0.1, -0.05) is 24.3 Å². The van der Waals surface area contributed by atoms with Crippen molar-refractivity contribution < 1.29 is 14.3 Å². The van der Waals surface area contributed by atoms with Gasteiger partial charge in [0.05, 0.1) is 7.11 Å². The highest BCUT2D eigenvalue weighted by atomic mass is 16.5. The molecule has 0 aliphatic rings. The molecule has 150 valence electrons. The Morgan fingerprint density at radius 3 is 2.37 bits per heavy atom. The van der Waals surface area contributed by atoms with Crippen molar-refractivity contribution in [2.75, 3.05) is 19.0 Å². The molecular formula is C24H20N2O4. The lowest BCUT2D eigenvalue weighted by atomic mass is 10.1. The number of ether oxygens (including phenoxy) is 2. The molecule has 0 saturated carbocycles. The van der Waals surface area contributed by atoms with Crippen LogP contribution in [0.5, 0.6) is 11.5 Å². The van der Waals surface area contributed by atoms with Crippen molar-refractivity contribution in [3.63, 3.8) is 0 Å². The van der Waals surface area contributed by atoms with Crippen molar-refractivity contribution in [1.29, 1.82) is 0 Å². The Hall–Kier alpha value is -4.06. The monoisotopic (exact) mass is 400 g/mol. The van der Waals surface area contributed by atoms with Crippen molar-refractivity contribution in [3.8, 4) is 22.8 Å². The third-order valence-electron chi connectivity index (χ3n) is 4.65. The van der Waals surface area contributed by atoms with Gasteiger partial charge in [0, 0.05) is 28.4 Å². The molecule has 0 saturated heterocycles. The number of hydrogen-bond donors (Lipinski definition) is 2. The highest BCUT2D eigenvalue weighted by Gasteiger charge is 2.07. The zero-order valence-corrected chi connectivity index (χ0v) is 16.3. The molecule has 0 bridgehead atoms. The van der Waals surface area contributed by atoms with Gasteiger partial charge < -0.3 is 19.8 Å². The smallest absolute Gasteiger partial charge is 0.262 e. The van der Waals surface area contributed by atoms with Crippen molar-refractivity contribution in [3.05, 3.63) is 89.1 Å². The summed E-state index contributed by atoms with van der Waals surface area (Å²) in [5, 5.41) is 3.45. The van der Waals surface area contributed by atoms with E-state index >= 15 is 0 Å². The number of para-hydroxylation sites is 1. The van der Waals surface area contributed by atoms with Crippen LogP contribution in [0.3, 0.4) is 0 Å². The number of anilines is 1. The Balaban J connectivity index is 1.41. The summed E-state index contributed by atoms with van der Waals surface area (Å²) < 4.78 is 10.6. The predicted octanol–water partition coefficient (Wildman–Crippen LogP) is 4.22. The van der Waals surface area contributed by atoms with Crippen molar-refractivity contribution in [2.45, 2.75) is 0 Å². The summed E-state index contributed by atoms with van der Waals surface area (Å²) in [4.78, 5) is 27.7. The van der Waals surface area contributed by atoms with Crippen LogP contribution < -0.4 is 20.2 Å². The lowest BCUT2D eigenvalue weighted by Gasteiger charge is -2.09. The molecule has 2 N–H and O–H groups in total. The third kappa shape index (κ3) is 4.33. The summed E-state index contributed by atoms with van der Waals surface area (Å²) in [6.07, 6.45) is 0. The van der Waals surface area contributed by atoms with Gasteiger partial charge in [0.25, 0.3) is 5.91 Å². The topological polar surface area (TPSA) is 80.4 Å². The number of pyridine rings is 1. The van der Waals surface area contributed by atoms with Gasteiger partial charge in [-0.3, -0.25) is 9.59 Å². The largest absolute Gasteiger partial charge is 0.497 e. The predicted molar refractivity (Wildman–Crippen MR) is 117 cm³/mol. The second kappa shape index (κ2) is 8.53. The van der Waals surface area contributed by atoms with E-state index in [1.54, 1.807) is 55.6 Å². The third-order valence-corrected chi connectivity index (χ3v) is 4.65. The van der Waals surface area contributed by atoms with Crippen LogP contribution >= 0.6 is 0 Å². The second-order valence-corrected chi connectivity index (χ2v) is 6.68. The summed E-state index contributed by atoms with van der Waals surface area (Å²) in [5.74, 6) is 1.04. The Labute approximate surface area is 173 Å². The van der Waals surface area contributed by atoms with Gasteiger partial charge in [0.1, 0.15) is 11.5 Å². The molecule has 0 aliphatic carbocycles. The number of H-pyrrole nitrogens is 1. The average molecular weight is 400 g/mol. The van der Waals surface area contributed by atoms with Gasteiger partial charge in [-0.2, -0.15) is 0 Å². The number of carbonyl (C=O) groups excluding carboxylic acids is 1. The van der Waals surface area contributed by atoms with Crippen LogP contribution in [0, 0.1) is 0 Å². The van der Waals surface area contributed by atoms with Crippen LogP contribution in [0.2, 0.25) is 0 Å². The fraction of sp³-hybridized carbons (Fsp3) is 0.0833. The molecule has 0 fully saturated rings. The van der Waals surface area contributed by atoms with E-state index in [2.05, 4.69) is 10.3 Å². The molecule has 0 spiro atoms. The average Bonchev–Trinajstić information content (AvgIpc) is 2.78. The van der Waals surface area contributed by atoms with Gasteiger partial charge in [0.15, 0.2) is 12.0 Å². The fourth-order valence-corrected chi connectivity index (χ4v) is 3.10. The molecule has 1 amide bonds. The summed E-state index contributed by atoms with van der Waals surface area (Å²) in [6.45, 7) is -0.105. The van der Waals surface area contributed by atoms with Crippen molar-refractivity contribution in [2.24, 2.45) is 0 Å². The van der Waals surface area contributed by atoms with E-state index in [0.717, 1.165) is 22.5 Å². The number of hydrogen-bond acceptors (Lipinski definition) is 4. The zero-order chi connectivity index (χ0) is 20.9. The molecule has 6 nitrogen and oxygen atoms in total. The van der Waals surface area contributed by atoms with Crippen LogP contribution in [-0.2, 0) is 4.79 Å². The molecule has 0 aliphatic heterocycles. The molecule has 0 atom stereocenters. The van der Waals surface area contributed by atoms with E-state index in [1.807, 2.05) is 30.3 Å².